The normalized spacial score (nSPS) is 25.6. The summed E-state index contributed by atoms with van der Waals surface area (Å²) in [4.78, 5) is 2.65. The van der Waals surface area contributed by atoms with Gasteiger partial charge in [-0.3, -0.25) is 0 Å². The van der Waals surface area contributed by atoms with Crippen LogP contribution in [0.2, 0.25) is 0 Å². The highest BCUT2D eigenvalue weighted by atomic mass is 15.1. The molecule has 21 heavy (non-hydrogen) atoms. The van der Waals surface area contributed by atoms with Crippen molar-refractivity contribution in [3.05, 3.63) is 35.6 Å². The van der Waals surface area contributed by atoms with Gasteiger partial charge in [-0.2, -0.15) is 0 Å². The Morgan fingerprint density at radius 2 is 1.81 bits per heavy atom. The van der Waals surface area contributed by atoms with Crippen molar-refractivity contribution < 1.29 is 0 Å². The fourth-order valence-electron chi connectivity index (χ4n) is 3.54. The van der Waals surface area contributed by atoms with Crippen molar-refractivity contribution >= 4 is 0 Å². The van der Waals surface area contributed by atoms with E-state index in [1.807, 2.05) is 0 Å². The van der Waals surface area contributed by atoms with E-state index < -0.39 is 0 Å². The van der Waals surface area contributed by atoms with Crippen molar-refractivity contribution in [1.29, 1.82) is 0 Å². The van der Waals surface area contributed by atoms with Crippen LogP contribution < -0.4 is 0 Å². The van der Waals surface area contributed by atoms with Gasteiger partial charge in [0.15, 0.2) is 0 Å². The van der Waals surface area contributed by atoms with Crippen LogP contribution in [0.1, 0.15) is 71.6 Å². The van der Waals surface area contributed by atoms with Crippen molar-refractivity contribution in [1.82, 2.24) is 4.90 Å². The minimum Gasteiger partial charge on any atom is -0.372 e. The molecule has 0 aromatic heterocycles. The lowest BCUT2D eigenvalue weighted by Gasteiger charge is -2.25. The first-order valence-electron chi connectivity index (χ1n) is 9.07. The molecule has 0 spiro atoms. The van der Waals surface area contributed by atoms with E-state index in [-0.39, 0.29) is 0 Å². The number of hydrogen-bond acceptors (Lipinski definition) is 1. The summed E-state index contributed by atoms with van der Waals surface area (Å²) in [5, 5.41) is 0. The molecule has 1 fully saturated rings. The molecule has 0 aromatic carbocycles. The Bertz CT molecular complexity index is 389. The van der Waals surface area contributed by atoms with Crippen LogP contribution in [0.25, 0.3) is 0 Å². The van der Waals surface area contributed by atoms with Crippen LogP contribution in [0.4, 0.5) is 0 Å². The second-order valence-corrected chi connectivity index (χ2v) is 6.76. The van der Waals surface area contributed by atoms with E-state index in [0.29, 0.717) is 0 Å². The molecule has 118 valence electrons. The smallest absolute Gasteiger partial charge is 0.0322 e. The predicted molar refractivity (Wildman–Crippen MR) is 93.3 cm³/mol. The van der Waals surface area contributed by atoms with Gasteiger partial charge in [0.05, 0.1) is 0 Å². The van der Waals surface area contributed by atoms with Gasteiger partial charge in [0.2, 0.25) is 0 Å². The molecular weight excluding hydrogens is 254 g/mol. The molecule has 0 saturated carbocycles. The average Bonchev–Trinajstić information content (AvgIpc) is 2.67. The van der Waals surface area contributed by atoms with Crippen LogP contribution >= 0.6 is 0 Å². The standard InChI is InChI=1S/C20H33N/c1-3-19-12-6-7-16-21(17-9-13-19)20-14-5-4-10-18(2)11-8-15-20/h8,10,14-15,19H,3-7,9,11-13,16-17H2,1-2H3. The molecule has 0 aromatic rings. The van der Waals surface area contributed by atoms with Crippen LogP contribution in [-0.2, 0) is 0 Å². The summed E-state index contributed by atoms with van der Waals surface area (Å²) in [5.41, 5.74) is 2.99. The van der Waals surface area contributed by atoms with Gasteiger partial charge in [0, 0.05) is 18.8 Å². The molecule has 0 radical (unpaired) electrons. The van der Waals surface area contributed by atoms with Gasteiger partial charge in [-0.05, 0) is 57.4 Å². The fraction of sp³-hybridized carbons (Fsp3) is 0.700. The van der Waals surface area contributed by atoms with Gasteiger partial charge in [-0.1, -0.05) is 50.0 Å². The Kier molecular flexibility index (Phi) is 7.12. The van der Waals surface area contributed by atoms with Gasteiger partial charge in [0.25, 0.3) is 0 Å². The monoisotopic (exact) mass is 287 g/mol. The van der Waals surface area contributed by atoms with Crippen LogP contribution in [-0.4, -0.2) is 18.0 Å². The van der Waals surface area contributed by atoms with Gasteiger partial charge in [-0.15, -0.1) is 0 Å². The summed E-state index contributed by atoms with van der Waals surface area (Å²) in [6.07, 6.45) is 21.4. The number of nitrogens with zero attached hydrogens (tertiary/aromatic N) is 1. The van der Waals surface area contributed by atoms with E-state index in [1.54, 1.807) is 0 Å². The Labute approximate surface area is 131 Å². The van der Waals surface area contributed by atoms with E-state index >= 15 is 0 Å². The van der Waals surface area contributed by atoms with Gasteiger partial charge < -0.3 is 4.90 Å². The lowest BCUT2D eigenvalue weighted by Crippen LogP contribution is -2.24. The van der Waals surface area contributed by atoms with Crippen molar-refractivity contribution in [3.63, 3.8) is 0 Å². The Hall–Kier alpha value is -0.980. The first-order chi connectivity index (χ1) is 10.3. The number of allylic oxidation sites excluding steroid dienone is 5. The summed E-state index contributed by atoms with van der Waals surface area (Å²) >= 11 is 0. The molecule has 2 rings (SSSR count). The molecule has 1 unspecified atom stereocenters. The van der Waals surface area contributed by atoms with E-state index in [4.69, 9.17) is 0 Å². The highest BCUT2D eigenvalue weighted by Gasteiger charge is 2.13. The largest absolute Gasteiger partial charge is 0.372 e. The van der Waals surface area contributed by atoms with Gasteiger partial charge >= 0.3 is 0 Å². The van der Waals surface area contributed by atoms with E-state index in [1.165, 1.54) is 75.7 Å². The maximum Gasteiger partial charge on any atom is 0.0322 e. The maximum absolute atomic E-state index is 2.65. The summed E-state index contributed by atoms with van der Waals surface area (Å²) in [5.74, 6) is 0.974. The third kappa shape index (κ3) is 5.73. The molecule has 0 bridgehead atoms. The molecule has 0 N–H and O–H groups in total. The highest BCUT2D eigenvalue weighted by molar-refractivity contribution is 5.21. The molecule has 2 aliphatic rings. The Balaban J connectivity index is 1.98. The van der Waals surface area contributed by atoms with Gasteiger partial charge in [0.1, 0.15) is 0 Å². The second-order valence-electron chi connectivity index (χ2n) is 6.76. The molecule has 1 aliphatic heterocycles. The summed E-state index contributed by atoms with van der Waals surface area (Å²) in [6, 6.07) is 0. The fourth-order valence-corrected chi connectivity index (χ4v) is 3.54. The first-order valence-corrected chi connectivity index (χ1v) is 9.07. The molecule has 0 amide bonds. The van der Waals surface area contributed by atoms with Crippen molar-refractivity contribution in [2.45, 2.75) is 71.6 Å². The average molecular weight is 287 g/mol. The quantitative estimate of drug-likeness (QED) is 0.576. The number of rotatable bonds is 2. The maximum atomic E-state index is 2.65. The van der Waals surface area contributed by atoms with E-state index in [0.717, 1.165) is 12.3 Å². The zero-order chi connectivity index (χ0) is 14.9. The topological polar surface area (TPSA) is 3.24 Å². The van der Waals surface area contributed by atoms with E-state index in [2.05, 4.69) is 43.1 Å². The second kappa shape index (κ2) is 9.12. The van der Waals surface area contributed by atoms with Crippen LogP contribution in [0, 0.1) is 5.92 Å². The number of hydrogen-bond donors (Lipinski definition) is 0. The Morgan fingerprint density at radius 3 is 2.67 bits per heavy atom. The van der Waals surface area contributed by atoms with Crippen LogP contribution in [0.3, 0.4) is 0 Å². The van der Waals surface area contributed by atoms with Crippen molar-refractivity contribution in [3.8, 4) is 0 Å². The lowest BCUT2D eigenvalue weighted by molar-refractivity contribution is 0.340. The minimum atomic E-state index is 0.974. The molecular formula is C20H33N. The van der Waals surface area contributed by atoms with Crippen molar-refractivity contribution in [2.75, 3.05) is 13.1 Å². The lowest BCUT2D eigenvalue weighted by atomic mass is 9.95. The van der Waals surface area contributed by atoms with Crippen LogP contribution in [0.15, 0.2) is 35.6 Å². The predicted octanol–water partition coefficient (Wildman–Crippen LogP) is 5.85. The first kappa shape index (κ1) is 16.4. The Morgan fingerprint density at radius 1 is 1.05 bits per heavy atom. The SMILES string of the molecule is CCC1CCCCN(C2=CCCC=C(C)CC=C2)CCC1. The molecule has 1 atom stereocenters. The van der Waals surface area contributed by atoms with E-state index in [9.17, 15) is 0 Å². The zero-order valence-electron chi connectivity index (χ0n) is 14.1. The minimum absolute atomic E-state index is 0.974. The molecule has 1 heterocycles. The summed E-state index contributed by atoms with van der Waals surface area (Å²) in [7, 11) is 0. The zero-order valence-corrected chi connectivity index (χ0v) is 14.1. The van der Waals surface area contributed by atoms with Crippen LogP contribution in [0.5, 0.6) is 0 Å². The van der Waals surface area contributed by atoms with Crippen molar-refractivity contribution in [2.24, 2.45) is 5.92 Å². The third-order valence-corrected chi connectivity index (χ3v) is 5.01. The molecule has 1 heteroatoms. The van der Waals surface area contributed by atoms with Gasteiger partial charge in [-0.25, -0.2) is 0 Å². The molecule has 1 saturated heterocycles. The molecule has 1 nitrogen and oxygen atoms in total. The highest BCUT2D eigenvalue weighted by Crippen LogP contribution is 2.23. The summed E-state index contributed by atoms with van der Waals surface area (Å²) < 4.78 is 0. The third-order valence-electron chi connectivity index (χ3n) is 5.01. The molecule has 1 aliphatic carbocycles. The summed E-state index contributed by atoms with van der Waals surface area (Å²) in [6.45, 7) is 7.11.